The van der Waals surface area contributed by atoms with Crippen LogP contribution in [0.4, 0.5) is 5.69 Å². The Kier molecular flexibility index (Phi) is 6.41. The highest BCUT2D eigenvalue weighted by atomic mass is 16.5. The second kappa shape index (κ2) is 9.37. The molecule has 0 heterocycles. The SMILES string of the molecule is COc1ccccc1NC(=O)C(Cc1ccccc1)NC(=O)c1ccccc1. The molecular formula is C23H22N2O3. The molecule has 1 unspecified atom stereocenters. The highest BCUT2D eigenvalue weighted by Crippen LogP contribution is 2.23. The van der Waals surface area contributed by atoms with Crippen LogP contribution in [-0.2, 0) is 11.2 Å². The average Bonchev–Trinajstić information content (AvgIpc) is 2.75. The summed E-state index contributed by atoms with van der Waals surface area (Å²) < 4.78 is 5.29. The van der Waals surface area contributed by atoms with Crippen molar-refractivity contribution in [3.63, 3.8) is 0 Å². The fourth-order valence-corrected chi connectivity index (χ4v) is 2.86. The summed E-state index contributed by atoms with van der Waals surface area (Å²) in [5.74, 6) is -0.0435. The van der Waals surface area contributed by atoms with E-state index in [0.29, 0.717) is 23.4 Å². The molecule has 0 fully saturated rings. The number of carbonyl (C=O) groups excluding carboxylic acids is 2. The maximum atomic E-state index is 13.0. The van der Waals surface area contributed by atoms with Crippen LogP contribution in [-0.4, -0.2) is 25.0 Å². The minimum atomic E-state index is -0.736. The standard InChI is InChI=1S/C23H22N2O3/c1-28-21-15-9-8-14-19(21)24-23(27)20(16-17-10-4-2-5-11-17)25-22(26)18-12-6-3-7-13-18/h2-15,20H,16H2,1H3,(H,24,27)(H,25,26). The zero-order valence-electron chi connectivity index (χ0n) is 15.6. The van der Waals surface area contributed by atoms with Gasteiger partial charge < -0.3 is 15.4 Å². The summed E-state index contributed by atoms with van der Waals surface area (Å²) in [6.07, 6.45) is 0.375. The molecule has 0 saturated heterocycles. The van der Waals surface area contributed by atoms with Crippen LogP contribution in [0, 0.1) is 0 Å². The Bertz CT molecular complexity index is 927. The Morgan fingerprint density at radius 2 is 1.46 bits per heavy atom. The number of rotatable bonds is 7. The van der Waals surface area contributed by atoms with Crippen LogP contribution in [0.5, 0.6) is 5.75 Å². The fourth-order valence-electron chi connectivity index (χ4n) is 2.86. The van der Waals surface area contributed by atoms with Gasteiger partial charge in [0, 0.05) is 12.0 Å². The number of anilines is 1. The van der Waals surface area contributed by atoms with Crippen molar-refractivity contribution in [1.82, 2.24) is 5.32 Å². The molecule has 0 aromatic heterocycles. The molecule has 2 N–H and O–H groups in total. The Hall–Kier alpha value is -3.60. The molecule has 2 amide bonds. The van der Waals surface area contributed by atoms with E-state index in [1.807, 2.05) is 48.5 Å². The van der Waals surface area contributed by atoms with Crippen molar-refractivity contribution in [2.45, 2.75) is 12.5 Å². The van der Waals surface area contributed by atoms with Gasteiger partial charge in [0.05, 0.1) is 12.8 Å². The summed E-state index contributed by atoms with van der Waals surface area (Å²) in [5, 5.41) is 5.71. The zero-order chi connectivity index (χ0) is 19.8. The third kappa shape index (κ3) is 4.98. The topological polar surface area (TPSA) is 67.4 Å². The highest BCUT2D eigenvalue weighted by molar-refractivity contribution is 6.01. The Labute approximate surface area is 164 Å². The molecule has 0 aliphatic heterocycles. The highest BCUT2D eigenvalue weighted by Gasteiger charge is 2.23. The first kappa shape index (κ1) is 19.2. The van der Waals surface area contributed by atoms with E-state index in [0.717, 1.165) is 5.56 Å². The fraction of sp³-hybridized carbons (Fsp3) is 0.130. The first-order chi connectivity index (χ1) is 13.7. The number of hydrogen-bond acceptors (Lipinski definition) is 3. The molecule has 0 radical (unpaired) electrons. The Balaban J connectivity index is 1.80. The van der Waals surface area contributed by atoms with Gasteiger partial charge in [0.1, 0.15) is 11.8 Å². The Morgan fingerprint density at radius 3 is 2.14 bits per heavy atom. The van der Waals surface area contributed by atoms with Crippen LogP contribution >= 0.6 is 0 Å². The van der Waals surface area contributed by atoms with Crippen molar-refractivity contribution in [2.75, 3.05) is 12.4 Å². The Morgan fingerprint density at radius 1 is 0.857 bits per heavy atom. The van der Waals surface area contributed by atoms with E-state index in [4.69, 9.17) is 4.74 Å². The van der Waals surface area contributed by atoms with Crippen LogP contribution in [0.1, 0.15) is 15.9 Å². The van der Waals surface area contributed by atoms with Crippen molar-refractivity contribution in [3.8, 4) is 5.75 Å². The summed E-state index contributed by atoms with van der Waals surface area (Å²) in [4.78, 5) is 25.6. The third-order valence-electron chi connectivity index (χ3n) is 4.31. The minimum Gasteiger partial charge on any atom is -0.495 e. The number of methoxy groups -OCH3 is 1. The van der Waals surface area contributed by atoms with Gasteiger partial charge in [-0.1, -0.05) is 60.7 Å². The smallest absolute Gasteiger partial charge is 0.251 e. The van der Waals surface area contributed by atoms with Gasteiger partial charge in [-0.05, 0) is 29.8 Å². The predicted molar refractivity (Wildman–Crippen MR) is 109 cm³/mol. The normalized spacial score (nSPS) is 11.3. The maximum Gasteiger partial charge on any atom is 0.251 e. The van der Waals surface area contributed by atoms with E-state index in [-0.39, 0.29) is 11.8 Å². The first-order valence-electron chi connectivity index (χ1n) is 9.01. The van der Waals surface area contributed by atoms with Crippen molar-refractivity contribution in [1.29, 1.82) is 0 Å². The molecule has 3 rings (SSSR count). The van der Waals surface area contributed by atoms with Gasteiger partial charge in [-0.15, -0.1) is 0 Å². The number of ether oxygens (including phenoxy) is 1. The number of para-hydroxylation sites is 2. The molecule has 3 aromatic rings. The number of benzene rings is 3. The number of amides is 2. The van der Waals surface area contributed by atoms with Crippen LogP contribution < -0.4 is 15.4 Å². The molecule has 0 saturated carbocycles. The minimum absolute atomic E-state index is 0.295. The molecule has 5 nitrogen and oxygen atoms in total. The lowest BCUT2D eigenvalue weighted by Gasteiger charge is -2.19. The lowest BCUT2D eigenvalue weighted by molar-refractivity contribution is -0.118. The lowest BCUT2D eigenvalue weighted by atomic mass is 10.0. The van der Waals surface area contributed by atoms with Gasteiger partial charge in [-0.2, -0.15) is 0 Å². The summed E-state index contributed by atoms with van der Waals surface area (Å²) in [7, 11) is 1.55. The lowest BCUT2D eigenvalue weighted by Crippen LogP contribution is -2.45. The van der Waals surface area contributed by atoms with Crippen LogP contribution in [0.3, 0.4) is 0 Å². The summed E-state index contributed by atoms with van der Waals surface area (Å²) in [5.41, 5.74) is 2.02. The molecular weight excluding hydrogens is 352 g/mol. The molecule has 0 spiro atoms. The van der Waals surface area contributed by atoms with Gasteiger partial charge in [-0.25, -0.2) is 0 Å². The monoisotopic (exact) mass is 374 g/mol. The van der Waals surface area contributed by atoms with E-state index in [1.54, 1.807) is 43.5 Å². The molecule has 0 aliphatic carbocycles. The third-order valence-corrected chi connectivity index (χ3v) is 4.31. The quantitative estimate of drug-likeness (QED) is 0.663. The van der Waals surface area contributed by atoms with E-state index in [1.165, 1.54) is 0 Å². The summed E-state index contributed by atoms with van der Waals surface area (Å²) in [6.45, 7) is 0. The number of hydrogen-bond donors (Lipinski definition) is 2. The van der Waals surface area contributed by atoms with Gasteiger partial charge in [0.2, 0.25) is 5.91 Å². The van der Waals surface area contributed by atoms with Crippen LogP contribution in [0.25, 0.3) is 0 Å². The first-order valence-corrected chi connectivity index (χ1v) is 9.01. The van der Waals surface area contributed by atoms with Gasteiger partial charge in [0.25, 0.3) is 5.91 Å². The van der Waals surface area contributed by atoms with Crippen molar-refractivity contribution in [3.05, 3.63) is 96.1 Å². The second-order valence-electron chi connectivity index (χ2n) is 6.27. The number of nitrogens with one attached hydrogen (secondary N) is 2. The molecule has 142 valence electrons. The largest absolute Gasteiger partial charge is 0.495 e. The molecule has 5 heteroatoms. The van der Waals surface area contributed by atoms with Gasteiger partial charge in [-0.3, -0.25) is 9.59 Å². The van der Waals surface area contributed by atoms with Crippen molar-refractivity contribution in [2.24, 2.45) is 0 Å². The maximum absolute atomic E-state index is 13.0. The zero-order valence-corrected chi connectivity index (χ0v) is 15.6. The van der Waals surface area contributed by atoms with Gasteiger partial charge in [0.15, 0.2) is 0 Å². The number of carbonyl (C=O) groups is 2. The van der Waals surface area contributed by atoms with Crippen LogP contribution in [0.2, 0.25) is 0 Å². The predicted octanol–water partition coefficient (Wildman–Crippen LogP) is 3.68. The second-order valence-corrected chi connectivity index (χ2v) is 6.27. The summed E-state index contributed by atoms with van der Waals surface area (Å²) >= 11 is 0. The van der Waals surface area contributed by atoms with Gasteiger partial charge >= 0.3 is 0 Å². The van der Waals surface area contributed by atoms with E-state index in [2.05, 4.69) is 10.6 Å². The molecule has 0 bridgehead atoms. The van der Waals surface area contributed by atoms with E-state index >= 15 is 0 Å². The average molecular weight is 374 g/mol. The van der Waals surface area contributed by atoms with E-state index in [9.17, 15) is 9.59 Å². The molecule has 3 aromatic carbocycles. The molecule has 0 aliphatic rings. The molecule has 1 atom stereocenters. The van der Waals surface area contributed by atoms with Crippen molar-refractivity contribution < 1.29 is 14.3 Å². The van der Waals surface area contributed by atoms with Crippen molar-refractivity contribution >= 4 is 17.5 Å². The van der Waals surface area contributed by atoms with E-state index < -0.39 is 6.04 Å². The molecule has 28 heavy (non-hydrogen) atoms. The van der Waals surface area contributed by atoms with Crippen LogP contribution in [0.15, 0.2) is 84.9 Å². The summed E-state index contributed by atoms with van der Waals surface area (Å²) in [6, 6.07) is 24.9.